The summed E-state index contributed by atoms with van der Waals surface area (Å²) in [6.07, 6.45) is 0. The highest BCUT2D eigenvalue weighted by Crippen LogP contribution is 2.56. The van der Waals surface area contributed by atoms with Gasteiger partial charge in [-0.25, -0.2) is 0 Å². The van der Waals surface area contributed by atoms with E-state index in [9.17, 15) is 43.9 Å². The smallest absolute Gasteiger partial charge is 0.378 e. The zero-order valence-electron chi connectivity index (χ0n) is 9.39. The summed E-state index contributed by atoms with van der Waals surface area (Å²) in [6.45, 7) is -3.13. The summed E-state index contributed by atoms with van der Waals surface area (Å²) < 4.78 is 130. The lowest BCUT2D eigenvalue weighted by molar-refractivity contribution is -0.401. The largest absolute Gasteiger partial charge is 0.384 e. The van der Waals surface area contributed by atoms with E-state index in [1.165, 1.54) is 0 Å². The number of ether oxygens (including phenoxy) is 1. The maximum Gasteiger partial charge on any atom is 0.384 e. The van der Waals surface area contributed by atoms with Crippen molar-refractivity contribution in [2.45, 2.75) is 36.5 Å². The average Bonchev–Trinajstić information content (AvgIpc) is 2.14. The van der Waals surface area contributed by atoms with Crippen LogP contribution in [0.2, 0.25) is 0 Å². The molecule has 1 nitrogen and oxygen atoms in total. The Kier molecular flexibility index (Phi) is 4.49. The fraction of sp³-hybridized carbons (Fsp3) is 1.00. The number of hydrogen-bond acceptors (Lipinski definition) is 1. The van der Waals surface area contributed by atoms with Gasteiger partial charge in [0.05, 0.1) is 0 Å². The zero-order valence-corrected chi connectivity index (χ0v) is 9.39. The number of rotatable bonds is 6. The molecule has 0 aliphatic carbocycles. The van der Waals surface area contributed by atoms with Crippen LogP contribution in [-0.2, 0) is 4.74 Å². The van der Waals surface area contributed by atoms with Crippen molar-refractivity contribution in [1.82, 2.24) is 0 Å². The fourth-order valence-electron chi connectivity index (χ4n) is 0.974. The van der Waals surface area contributed by atoms with Gasteiger partial charge in [0.15, 0.2) is 0 Å². The molecule has 0 saturated heterocycles. The van der Waals surface area contributed by atoms with Gasteiger partial charge in [0.1, 0.15) is 6.61 Å². The second kappa shape index (κ2) is 4.67. The SMILES string of the molecule is COCC(F)(F)C(F)(F)C(F)(F)C(F)(F)C(C)(F)F. The van der Waals surface area contributed by atoms with E-state index >= 15 is 0 Å². The van der Waals surface area contributed by atoms with Crippen molar-refractivity contribution >= 4 is 0 Å². The minimum absolute atomic E-state index is 0.411. The van der Waals surface area contributed by atoms with Crippen molar-refractivity contribution in [2.24, 2.45) is 0 Å². The van der Waals surface area contributed by atoms with Crippen molar-refractivity contribution in [3.05, 3.63) is 0 Å². The Labute approximate surface area is 100 Å². The molecule has 0 bridgehead atoms. The van der Waals surface area contributed by atoms with E-state index in [0.717, 1.165) is 0 Å². The highest BCUT2D eigenvalue weighted by Gasteiger charge is 2.85. The summed E-state index contributed by atoms with van der Waals surface area (Å²) in [5.41, 5.74) is 0. The molecule has 0 aromatic rings. The lowest BCUT2D eigenvalue weighted by Crippen LogP contribution is -2.67. The normalized spacial score (nSPS) is 15.8. The van der Waals surface area contributed by atoms with E-state index in [1.807, 2.05) is 0 Å². The van der Waals surface area contributed by atoms with E-state index in [1.54, 1.807) is 0 Å². The molecule has 0 amide bonds. The van der Waals surface area contributed by atoms with Crippen LogP contribution >= 0.6 is 0 Å². The molecule has 0 aliphatic heterocycles. The molecule has 0 aromatic heterocycles. The predicted octanol–water partition coefficient (Wildman–Crippen LogP) is 3.83. The van der Waals surface area contributed by atoms with Gasteiger partial charge in [-0.2, -0.15) is 43.9 Å². The molecule has 11 heteroatoms. The van der Waals surface area contributed by atoms with E-state index in [2.05, 4.69) is 4.74 Å². The van der Waals surface area contributed by atoms with Gasteiger partial charge in [-0.15, -0.1) is 0 Å². The highest BCUT2D eigenvalue weighted by atomic mass is 19.4. The topological polar surface area (TPSA) is 9.23 Å². The third-order valence-corrected chi connectivity index (χ3v) is 2.12. The Morgan fingerprint density at radius 3 is 1.32 bits per heavy atom. The van der Waals surface area contributed by atoms with Gasteiger partial charge in [0.2, 0.25) is 0 Å². The van der Waals surface area contributed by atoms with Crippen LogP contribution in [0.4, 0.5) is 43.9 Å². The Bertz CT molecular complexity index is 318. The van der Waals surface area contributed by atoms with E-state index in [-0.39, 0.29) is 0 Å². The average molecular weight is 310 g/mol. The first-order valence-corrected chi connectivity index (χ1v) is 4.44. The van der Waals surface area contributed by atoms with E-state index in [0.29, 0.717) is 7.11 Å². The number of halogens is 10. The Balaban J connectivity index is 5.77. The number of methoxy groups -OCH3 is 1. The van der Waals surface area contributed by atoms with E-state index in [4.69, 9.17) is 0 Å². The molecule has 0 heterocycles. The molecule has 0 rings (SSSR count). The lowest BCUT2D eigenvalue weighted by Gasteiger charge is -2.38. The molecule has 19 heavy (non-hydrogen) atoms. The maximum absolute atomic E-state index is 12.8. The molecular weight excluding hydrogens is 302 g/mol. The van der Waals surface area contributed by atoms with Gasteiger partial charge in [-0.3, -0.25) is 0 Å². The summed E-state index contributed by atoms with van der Waals surface area (Å²) in [7, 11) is 0.411. The van der Waals surface area contributed by atoms with Gasteiger partial charge < -0.3 is 4.74 Å². The Hall–Kier alpha value is -0.740. The third-order valence-electron chi connectivity index (χ3n) is 2.12. The second-order valence-electron chi connectivity index (χ2n) is 3.75. The summed E-state index contributed by atoms with van der Waals surface area (Å²) in [5.74, 6) is -31.8. The van der Waals surface area contributed by atoms with Crippen molar-refractivity contribution in [3.8, 4) is 0 Å². The van der Waals surface area contributed by atoms with Crippen molar-refractivity contribution in [3.63, 3.8) is 0 Å². The Morgan fingerprint density at radius 2 is 1.05 bits per heavy atom. The minimum Gasteiger partial charge on any atom is -0.378 e. The summed E-state index contributed by atoms with van der Waals surface area (Å²) in [4.78, 5) is 0. The molecule has 0 radical (unpaired) electrons. The zero-order chi connectivity index (χ0) is 15.9. The Morgan fingerprint density at radius 1 is 0.684 bits per heavy atom. The molecule has 0 atom stereocenters. The lowest BCUT2D eigenvalue weighted by atomic mass is 9.95. The minimum atomic E-state index is -6.99. The first-order valence-electron chi connectivity index (χ1n) is 4.44. The molecular formula is C8H8F10O. The first kappa shape index (κ1) is 18.3. The van der Waals surface area contributed by atoms with Crippen LogP contribution in [0.3, 0.4) is 0 Å². The molecule has 0 unspecified atom stereocenters. The number of alkyl halides is 10. The molecule has 0 N–H and O–H groups in total. The van der Waals surface area contributed by atoms with Crippen LogP contribution in [0.25, 0.3) is 0 Å². The van der Waals surface area contributed by atoms with Gasteiger partial charge in [0, 0.05) is 14.0 Å². The van der Waals surface area contributed by atoms with Gasteiger partial charge in [-0.1, -0.05) is 0 Å². The van der Waals surface area contributed by atoms with Crippen molar-refractivity contribution < 1.29 is 48.6 Å². The van der Waals surface area contributed by atoms with Gasteiger partial charge in [0.25, 0.3) is 0 Å². The van der Waals surface area contributed by atoms with Gasteiger partial charge >= 0.3 is 29.6 Å². The standard InChI is InChI=1S/C8H8F10O/c1-4(9,10)6(13,14)8(17,18)7(15,16)5(11,12)3-19-2/h3H2,1-2H3. The van der Waals surface area contributed by atoms with Crippen LogP contribution in [0.15, 0.2) is 0 Å². The quantitative estimate of drug-likeness (QED) is 0.678. The molecule has 0 aliphatic rings. The molecule has 0 fully saturated rings. The predicted molar refractivity (Wildman–Crippen MR) is 42.3 cm³/mol. The van der Waals surface area contributed by atoms with Gasteiger partial charge in [-0.05, 0) is 0 Å². The van der Waals surface area contributed by atoms with Crippen LogP contribution < -0.4 is 0 Å². The molecule has 0 spiro atoms. The van der Waals surface area contributed by atoms with Crippen LogP contribution in [0, 0.1) is 0 Å². The van der Waals surface area contributed by atoms with Crippen molar-refractivity contribution in [1.29, 1.82) is 0 Å². The summed E-state index contributed by atoms with van der Waals surface area (Å²) in [6, 6.07) is 0. The highest BCUT2D eigenvalue weighted by molar-refractivity contribution is 5.07. The van der Waals surface area contributed by atoms with Crippen LogP contribution in [-0.4, -0.2) is 43.3 Å². The van der Waals surface area contributed by atoms with Crippen LogP contribution in [0.5, 0.6) is 0 Å². The third kappa shape index (κ3) is 2.61. The first-order chi connectivity index (χ1) is 8.06. The summed E-state index contributed by atoms with van der Waals surface area (Å²) >= 11 is 0. The fourth-order valence-corrected chi connectivity index (χ4v) is 0.974. The van der Waals surface area contributed by atoms with E-state index < -0.39 is 43.1 Å². The monoisotopic (exact) mass is 310 g/mol. The molecule has 0 aromatic carbocycles. The molecule has 116 valence electrons. The second-order valence-corrected chi connectivity index (χ2v) is 3.75. The van der Waals surface area contributed by atoms with Crippen molar-refractivity contribution in [2.75, 3.05) is 13.7 Å². The summed E-state index contributed by atoms with van der Waals surface area (Å²) in [5, 5.41) is 0. The molecule has 0 saturated carbocycles. The van der Waals surface area contributed by atoms with Crippen LogP contribution in [0.1, 0.15) is 6.92 Å². The maximum atomic E-state index is 12.8. The number of hydrogen-bond donors (Lipinski definition) is 0.